The molecule has 0 fully saturated rings. The maximum absolute atomic E-state index is 15.5. The lowest BCUT2D eigenvalue weighted by molar-refractivity contribution is -0.161. The Morgan fingerprint density at radius 2 is 1.84 bits per heavy atom. The van der Waals surface area contributed by atoms with Gasteiger partial charge >= 0.3 is 14.3 Å². The molecule has 1 aliphatic rings. The maximum atomic E-state index is 15.5. The van der Waals surface area contributed by atoms with E-state index < -0.39 is 42.9 Å². The van der Waals surface area contributed by atoms with Crippen molar-refractivity contribution in [2.24, 2.45) is 0 Å². The van der Waals surface area contributed by atoms with Crippen LogP contribution in [0.25, 0.3) is 0 Å². The highest BCUT2D eigenvalue weighted by Crippen LogP contribution is 2.54. The molecular formula is C25H35BFN2O7P. The van der Waals surface area contributed by atoms with Crippen molar-refractivity contribution in [1.82, 2.24) is 9.55 Å². The quantitative estimate of drug-likeness (QED) is 0.316. The summed E-state index contributed by atoms with van der Waals surface area (Å²) in [6.45, 7) is 13.3. The molecule has 12 heteroatoms. The fraction of sp³-hybridized carbons (Fsp3) is 0.600. The highest BCUT2D eigenvalue weighted by atomic mass is 31.2. The number of fused-ring (bicyclic) bond motifs is 1. The smallest absolute Gasteiger partial charge is 0.399 e. The van der Waals surface area contributed by atoms with Gasteiger partial charge in [-0.3, -0.25) is 18.8 Å². The Morgan fingerprint density at radius 3 is 2.41 bits per heavy atom. The lowest BCUT2D eigenvalue weighted by atomic mass is 9.78. The second kappa shape index (κ2) is 10.6. The molecule has 37 heavy (non-hydrogen) atoms. The Hall–Kier alpha value is -2.04. The van der Waals surface area contributed by atoms with Crippen LogP contribution >= 0.6 is 8.60 Å². The molecule has 2 aromatic rings. The van der Waals surface area contributed by atoms with Gasteiger partial charge in [0.2, 0.25) is 0 Å². The lowest BCUT2D eigenvalue weighted by Gasteiger charge is -2.37. The number of ether oxygens (including phenoxy) is 1. The van der Waals surface area contributed by atoms with Crippen molar-refractivity contribution >= 4 is 16.4 Å². The summed E-state index contributed by atoms with van der Waals surface area (Å²) in [4.78, 5) is 25.9. The van der Waals surface area contributed by atoms with Crippen molar-refractivity contribution in [3.8, 4) is 5.75 Å². The number of nitrogens with zero attached hydrogens (tertiary/aromatic N) is 1. The average Bonchev–Trinajstić information content (AvgIpc) is 2.75. The van der Waals surface area contributed by atoms with Gasteiger partial charge in [-0.1, -0.05) is 41.5 Å². The predicted octanol–water partition coefficient (Wildman–Crippen LogP) is 3.65. The Bertz CT molecular complexity index is 1260. The van der Waals surface area contributed by atoms with Crippen molar-refractivity contribution < 1.29 is 27.8 Å². The molecule has 2 radical (unpaired) electrons. The van der Waals surface area contributed by atoms with E-state index in [1.54, 1.807) is 6.92 Å². The second-order valence-corrected chi connectivity index (χ2v) is 12.4. The SMILES string of the molecule is [B]C(O)(OP1OCc2c(F)c(C(C)(C)C)cc(C(C)(C)C)c2O1)C(CCn1cc(C)c(=O)[nH]c1=O)OC. The third kappa shape index (κ3) is 6.52. The van der Waals surface area contributed by atoms with Crippen molar-refractivity contribution in [2.75, 3.05) is 7.11 Å². The summed E-state index contributed by atoms with van der Waals surface area (Å²) in [5.74, 6) is -0.0834. The molecule has 0 saturated carbocycles. The number of nitrogens with one attached hydrogen (secondary N) is 1. The highest BCUT2D eigenvalue weighted by molar-refractivity contribution is 7.42. The normalized spacial score (nSPS) is 18.6. The number of rotatable bonds is 7. The summed E-state index contributed by atoms with van der Waals surface area (Å²) in [7, 11) is 5.17. The zero-order valence-electron chi connectivity index (χ0n) is 22.6. The fourth-order valence-corrected chi connectivity index (χ4v) is 5.10. The van der Waals surface area contributed by atoms with E-state index in [4.69, 9.17) is 26.2 Å². The van der Waals surface area contributed by atoms with Gasteiger partial charge in [0.05, 0.1) is 12.2 Å². The second-order valence-electron chi connectivity index (χ2n) is 11.3. The van der Waals surface area contributed by atoms with Gasteiger partial charge in [-0.15, -0.1) is 0 Å². The largest absolute Gasteiger partial charge is 0.426 e. The van der Waals surface area contributed by atoms with Crippen LogP contribution in [0.15, 0.2) is 21.9 Å². The summed E-state index contributed by atoms with van der Waals surface area (Å²) in [6.07, 6.45) is 0.378. The Balaban J connectivity index is 1.83. The molecule has 0 spiro atoms. The maximum Gasteiger partial charge on any atom is 0.399 e. The first-order valence-electron chi connectivity index (χ1n) is 12.0. The number of hydrogen-bond acceptors (Lipinski definition) is 7. The van der Waals surface area contributed by atoms with E-state index in [0.29, 0.717) is 16.9 Å². The van der Waals surface area contributed by atoms with Gasteiger partial charge in [0.1, 0.15) is 17.7 Å². The average molecular weight is 536 g/mol. The molecular weight excluding hydrogens is 501 g/mol. The Kier molecular flexibility index (Phi) is 8.47. The van der Waals surface area contributed by atoms with E-state index in [0.717, 1.165) is 5.56 Å². The van der Waals surface area contributed by atoms with Crippen LogP contribution < -0.4 is 15.8 Å². The number of halogens is 1. The van der Waals surface area contributed by atoms with Crippen LogP contribution in [0.3, 0.4) is 0 Å². The molecule has 1 aromatic heterocycles. The predicted molar refractivity (Wildman–Crippen MR) is 139 cm³/mol. The molecule has 1 aromatic carbocycles. The number of hydrogen-bond donors (Lipinski definition) is 2. The molecule has 2 N–H and O–H groups in total. The van der Waals surface area contributed by atoms with Gasteiger partial charge < -0.3 is 18.9 Å². The van der Waals surface area contributed by atoms with Gasteiger partial charge in [0, 0.05) is 31.0 Å². The van der Waals surface area contributed by atoms with E-state index in [-0.39, 0.29) is 30.6 Å². The number of methoxy groups -OCH3 is 1. The van der Waals surface area contributed by atoms with Gasteiger partial charge in [-0.25, -0.2) is 9.18 Å². The first kappa shape index (κ1) is 29.5. The molecule has 202 valence electrons. The van der Waals surface area contributed by atoms with Gasteiger partial charge in [-0.2, -0.15) is 0 Å². The van der Waals surface area contributed by atoms with Crippen LogP contribution in [-0.2, 0) is 37.8 Å². The van der Waals surface area contributed by atoms with Crippen molar-refractivity contribution in [1.29, 1.82) is 0 Å². The number of H-pyrrole nitrogens is 1. The molecule has 1 aliphatic heterocycles. The van der Waals surface area contributed by atoms with Crippen molar-refractivity contribution in [3.63, 3.8) is 0 Å². The molecule has 0 bridgehead atoms. The zero-order valence-corrected chi connectivity index (χ0v) is 23.5. The van der Waals surface area contributed by atoms with Crippen molar-refractivity contribution in [3.05, 3.63) is 61.2 Å². The van der Waals surface area contributed by atoms with E-state index in [1.807, 2.05) is 47.6 Å². The summed E-state index contributed by atoms with van der Waals surface area (Å²) in [5.41, 5.74) is -2.27. The van der Waals surface area contributed by atoms with E-state index in [2.05, 4.69) is 4.98 Å². The summed E-state index contributed by atoms with van der Waals surface area (Å²) < 4.78 is 39.3. The Labute approximate surface area is 218 Å². The summed E-state index contributed by atoms with van der Waals surface area (Å²) in [6, 6.07) is 1.81. The summed E-state index contributed by atoms with van der Waals surface area (Å²) >= 11 is 0. The van der Waals surface area contributed by atoms with E-state index in [9.17, 15) is 14.7 Å². The minimum atomic E-state index is -2.36. The number of aromatic amines is 1. The lowest BCUT2D eigenvalue weighted by Crippen LogP contribution is -2.47. The van der Waals surface area contributed by atoms with Crippen LogP contribution in [0, 0.1) is 12.7 Å². The standard InChI is InChI=1S/C25H35BFN2O7P/c1-14-12-29(22(31)28-21(14)30)10-9-18(33-8)25(26,32)36-37-34-13-15-19(27)16(23(2,3)4)11-17(20(15)35-37)24(5,6)7/h11-12,18,32H,9-10,13H2,1-8H3,(H,28,30,31). The highest BCUT2D eigenvalue weighted by Gasteiger charge is 2.41. The first-order chi connectivity index (χ1) is 17.0. The molecule has 3 atom stereocenters. The number of aryl methyl sites for hydroxylation is 2. The van der Waals surface area contributed by atoms with Gasteiger partial charge in [0.25, 0.3) is 5.56 Å². The van der Waals surface area contributed by atoms with Gasteiger partial charge in [-0.05, 0) is 35.8 Å². The molecule has 3 unspecified atom stereocenters. The monoisotopic (exact) mass is 536 g/mol. The topological polar surface area (TPSA) is 112 Å². The minimum Gasteiger partial charge on any atom is -0.426 e. The zero-order chi connectivity index (χ0) is 27.9. The van der Waals surface area contributed by atoms with E-state index >= 15 is 4.39 Å². The summed E-state index contributed by atoms with van der Waals surface area (Å²) in [5, 5.41) is 10.9. The van der Waals surface area contributed by atoms with E-state index in [1.165, 1.54) is 17.9 Å². The number of aliphatic hydroxyl groups is 1. The van der Waals surface area contributed by atoms with Crippen LogP contribution in [0.1, 0.15) is 70.2 Å². The molecule has 9 nitrogen and oxygen atoms in total. The minimum absolute atomic E-state index is 0.0610. The Morgan fingerprint density at radius 1 is 1.22 bits per heavy atom. The molecule has 3 rings (SSSR count). The third-order valence-electron chi connectivity index (χ3n) is 6.19. The molecule has 0 saturated heterocycles. The van der Waals surface area contributed by atoms with Crippen molar-refractivity contribution in [2.45, 2.75) is 90.7 Å². The molecule has 0 aliphatic carbocycles. The molecule has 2 heterocycles. The number of benzene rings is 1. The number of aromatic nitrogens is 2. The van der Waals surface area contributed by atoms with Gasteiger partial charge in [0.15, 0.2) is 13.5 Å². The van der Waals surface area contributed by atoms with Crippen LogP contribution in [0.4, 0.5) is 4.39 Å². The van der Waals surface area contributed by atoms with Crippen LogP contribution in [-0.4, -0.2) is 41.4 Å². The van der Waals surface area contributed by atoms with Crippen LogP contribution in [0.2, 0.25) is 0 Å². The fourth-order valence-electron chi connectivity index (χ4n) is 4.01. The van der Waals surface area contributed by atoms with Crippen LogP contribution in [0.5, 0.6) is 5.75 Å². The first-order valence-corrected chi connectivity index (χ1v) is 13.1. The molecule has 0 amide bonds. The third-order valence-corrected chi connectivity index (χ3v) is 7.31.